The van der Waals surface area contributed by atoms with Crippen LogP contribution in [0.5, 0.6) is 0 Å². The van der Waals surface area contributed by atoms with Crippen molar-refractivity contribution in [2.24, 2.45) is 5.73 Å². The van der Waals surface area contributed by atoms with Crippen LogP contribution in [0.1, 0.15) is 56.7 Å². The Morgan fingerprint density at radius 1 is 1.28 bits per heavy atom. The van der Waals surface area contributed by atoms with E-state index in [1.54, 1.807) is 0 Å². The van der Waals surface area contributed by atoms with Crippen molar-refractivity contribution < 1.29 is 0 Å². The zero-order valence-electron chi connectivity index (χ0n) is 12.5. The molecule has 0 aliphatic rings. The van der Waals surface area contributed by atoms with E-state index in [1.807, 2.05) is 0 Å². The van der Waals surface area contributed by atoms with Crippen molar-refractivity contribution in [3.05, 3.63) is 34.9 Å². The first kappa shape index (κ1) is 15.2. The molecular formula is C16H28N2. The molecule has 0 saturated heterocycles. The topological polar surface area (TPSA) is 38.0 Å². The fourth-order valence-corrected chi connectivity index (χ4v) is 2.02. The lowest BCUT2D eigenvalue weighted by Gasteiger charge is -2.26. The first-order valence-corrected chi connectivity index (χ1v) is 6.90. The van der Waals surface area contributed by atoms with Crippen molar-refractivity contribution in [3.8, 4) is 0 Å². The zero-order valence-corrected chi connectivity index (χ0v) is 12.5. The van der Waals surface area contributed by atoms with Crippen LogP contribution in [0.15, 0.2) is 18.2 Å². The maximum atomic E-state index is 5.64. The van der Waals surface area contributed by atoms with Crippen LogP contribution in [-0.4, -0.2) is 12.1 Å². The highest BCUT2D eigenvalue weighted by molar-refractivity contribution is 5.32. The van der Waals surface area contributed by atoms with Gasteiger partial charge in [-0.15, -0.1) is 0 Å². The van der Waals surface area contributed by atoms with E-state index in [0.29, 0.717) is 5.92 Å². The Morgan fingerprint density at radius 2 is 1.94 bits per heavy atom. The van der Waals surface area contributed by atoms with Crippen molar-refractivity contribution in [1.82, 2.24) is 5.32 Å². The zero-order chi connectivity index (χ0) is 13.8. The second-order valence-electron chi connectivity index (χ2n) is 6.12. The number of hydrogen-bond acceptors (Lipinski definition) is 2. The van der Waals surface area contributed by atoms with E-state index in [2.05, 4.69) is 58.1 Å². The molecule has 0 unspecified atom stereocenters. The van der Waals surface area contributed by atoms with Gasteiger partial charge in [-0.3, -0.25) is 0 Å². The lowest BCUT2D eigenvalue weighted by Crippen LogP contribution is -2.40. The minimum Gasteiger partial charge on any atom is -0.330 e. The van der Waals surface area contributed by atoms with E-state index >= 15 is 0 Å². The van der Waals surface area contributed by atoms with Crippen molar-refractivity contribution >= 4 is 0 Å². The molecule has 0 radical (unpaired) electrons. The summed E-state index contributed by atoms with van der Waals surface area (Å²) in [6, 6.07) is 6.78. The fourth-order valence-electron chi connectivity index (χ4n) is 2.02. The van der Waals surface area contributed by atoms with Gasteiger partial charge in [0, 0.05) is 12.1 Å². The molecule has 1 aromatic carbocycles. The predicted octanol–water partition coefficient (Wildman–Crippen LogP) is 3.34. The summed E-state index contributed by atoms with van der Waals surface area (Å²) in [7, 11) is 0. The Bertz CT molecular complexity index is 381. The molecule has 1 aromatic rings. The van der Waals surface area contributed by atoms with Crippen LogP contribution in [-0.2, 0) is 6.54 Å². The van der Waals surface area contributed by atoms with Gasteiger partial charge in [-0.05, 0) is 56.3 Å². The van der Waals surface area contributed by atoms with E-state index in [0.717, 1.165) is 19.5 Å². The van der Waals surface area contributed by atoms with Gasteiger partial charge < -0.3 is 11.1 Å². The summed E-state index contributed by atoms with van der Waals surface area (Å²) < 4.78 is 0. The molecule has 1 rings (SSSR count). The average Bonchev–Trinajstić information content (AvgIpc) is 2.27. The first-order valence-electron chi connectivity index (χ1n) is 6.90. The molecule has 2 nitrogen and oxygen atoms in total. The van der Waals surface area contributed by atoms with Gasteiger partial charge in [0.2, 0.25) is 0 Å². The highest BCUT2D eigenvalue weighted by Crippen LogP contribution is 2.19. The molecule has 0 saturated carbocycles. The molecule has 0 spiro atoms. The molecule has 2 heteroatoms. The number of nitrogens with one attached hydrogen (secondary N) is 1. The maximum Gasteiger partial charge on any atom is 0.0213 e. The summed E-state index contributed by atoms with van der Waals surface area (Å²) in [5.41, 5.74) is 9.91. The van der Waals surface area contributed by atoms with E-state index < -0.39 is 0 Å². The quantitative estimate of drug-likeness (QED) is 0.810. The molecule has 0 bridgehead atoms. The third-order valence-electron chi connectivity index (χ3n) is 3.57. The Hall–Kier alpha value is -0.860. The molecule has 102 valence electrons. The number of aryl methyl sites for hydroxylation is 1. The van der Waals surface area contributed by atoms with Gasteiger partial charge in [0.25, 0.3) is 0 Å². The minimum atomic E-state index is 0.106. The maximum absolute atomic E-state index is 5.64. The highest BCUT2D eigenvalue weighted by atomic mass is 15.0. The summed E-state index contributed by atoms with van der Waals surface area (Å²) in [5.74, 6) is 0.585. The van der Waals surface area contributed by atoms with E-state index in [4.69, 9.17) is 5.73 Å². The molecule has 0 amide bonds. The van der Waals surface area contributed by atoms with E-state index in [9.17, 15) is 0 Å². The smallest absolute Gasteiger partial charge is 0.0213 e. The predicted molar refractivity (Wildman–Crippen MR) is 79.9 cm³/mol. The third-order valence-corrected chi connectivity index (χ3v) is 3.57. The SMILES string of the molecule is Cc1ccc(C(C)C)cc1CNC(C)(C)CCN. The van der Waals surface area contributed by atoms with Gasteiger partial charge in [0.15, 0.2) is 0 Å². The molecule has 0 atom stereocenters. The molecule has 18 heavy (non-hydrogen) atoms. The third kappa shape index (κ3) is 4.43. The molecule has 0 heterocycles. The second kappa shape index (κ2) is 6.35. The lowest BCUT2D eigenvalue weighted by atomic mass is 9.96. The molecular weight excluding hydrogens is 220 g/mol. The first-order chi connectivity index (χ1) is 8.35. The van der Waals surface area contributed by atoms with Crippen LogP contribution in [0.4, 0.5) is 0 Å². The van der Waals surface area contributed by atoms with E-state index in [1.165, 1.54) is 16.7 Å². The molecule has 0 aromatic heterocycles. The Labute approximate surface area is 112 Å². The lowest BCUT2D eigenvalue weighted by molar-refractivity contribution is 0.365. The van der Waals surface area contributed by atoms with Gasteiger partial charge in [0.1, 0.15) is 0 Å². The Morgan fingerprint density at radius 3 is 2.50 bits per heavy atom. The Balaban J connectivity index is 2.75. The number of benzene rings is 1. The van der Waals surface area contributed by atoms with Crippen LogP contribution >= 0.6 is 0 Å². The van der Waals surface area contributed by atoms with Crippen molar-refractivity contribution in [2.45, 2.75) is 59.0 Å². The number of hydrogen-bond donors (Lipinski definition) is 2. The van der Waals surface area contributed by atoms with Crippen LogP contribution in [0.2, 0.25) is 0 Å². The molecule has 0 aliphatic carbocycles. The largest absolute Gasteiger partial charge is 0.330 e. The molecule has 0 aliphatic heterocycles. The highest BCUT2D eigenvalue weighted by Gasteiger charge is 2.16. The minimum absolute atomic E-state index is 0.106. The van der Waals surface area contributed by atoms with E-state index in [-0.39, 0.29) is 5.54 Å². The fraction of sp³-hybridized carbons (Fsp3) is 0.625. The summed E-state index contributed by atoms with van der Waals surface area (Å²) in [6.07, 6.45) is 0.996. The van der Waals surface area contributed by atoms with Gasteiger partial charge in [0.05, 0.1) is 0 Å². The summed E-state index contributed by atoms with van der Waals surface area (Å²) >= 11 is 0. The van der Waals surface area contributed by atoms with Crippen molar-refractivity contribution in [2.75, 3.05) is 6.54 Å². The van der Waals surface area contributed by atoms with Gasteiger partial charge in [-0.1, -0.05) is 32.0 Å². The molecule has 0 fully saturated rings. The summed E-state index contributed by atoms with van der Waals surface area (Å²) in [5, 5.41) is 3.60. The van der Waals surface area contributed by atoms with Crippen molar-refractivity contribution in [3.63, 3.8) is 0 Å². The normalized spacial score (nSPS) is 12.2. The summed E-state index contributed by atoms with van der Waals surface area (Å²) in [4.78, 5) is 0. The Kier molecular flexibility index (Phi) is 5.36. The number of rotatable bonds is 6. The van der Waals surface area contributed by atoms with Crippen LogP contribution in [0, 0.1) is 6.92 Å². The average molecular weight is 248 g/mol. The standard InChI is InChI=1S/C16H28N2/c1-12(2)14-7-6-13(3)15(10-14)11-18-16(4,5)8-9-17/h6-7,10,12,18H,8-9,11,17H2,1-5H3. The van der Waals surface area contributed by atoms with Gasteiger partial charge in [-0.2, -0.15) is 0 Å². The summed E-state index contributed by atoms with van der Waals surface area (Å²) in [6.45, 7) is 12.7. The molecule has 3 N–H and O–H groups in total. The van der Waals surface area contributed by atoms with Crippen LogP contribution < -0.4 is 11.1 Å². The van der Waals surface area contributed by atoms with Gasteiger partial charge >= 0.3 is 0 Å². The van der Waals surface area contributed by atoms with Gasteiger partial charge in [-0.25, -0.2) is 0 Å². The van der Waals surface area contributed by atoms with Crippen molar-refractivity contribution in [1.29, 1.82) is 0 Å². The van der Waals surface area contributed by atoms with Crippen LogP contribution in [0.3, 0.4) is 0 Å². The number of nitrogens with two attached hydrogens (primary N) is 1. The van der Waals surface area contributed by atoms with Crippen LogP contribution in [0.25, 0.3) is 0 Å². The second-order valence-corrected chi connectivity index (χ2v) is 6.12. The monoisotopic (exact) mass is 248 g/mol.